The topological polar surface area (TPSA) is 72.6 Å². The molecule has 26 heavy (non-hydrogen) atoms. The molecule has 0 fully saturated rings. The van der Waals surface area contributed by atoms with Crippen molar-refractivity contribution in [2.24, 2.45) is 0 Å². The monoisotopic (exact) mass is 365 g/mol. The summed E-state index contributed by atoms with van der Waals surface area (Å²) in [6, 6.07) is 14.0. The van der Waals surface area contributed by atoms with Gasteiger partial charge in [0.15, 0.2) is 0 Å². The summed E-state index contributed by atoms with van der Waals surface area (Å²) in [5.41, 5.74) is 2.46. The van der Waals surface area contributed by atoms with Gasteiger partial charge < -0.3 is 14.3 Å². The highest BCUT2D eigenvalue weighted by atomic mass is 32.1. The molecule has 4 aromatic rings. The van der Waals surface area contributed by atoms with Gasteiger partial charge in [0.1, 0.15) is 17.1 Å². The standard InChI is InChI=1S/C20H15NO4S/c1-24-16-6-7-18-13(9-16)8-14(20(23)25-18)10-19-21-17(11-26-19)12-2-4-15(22)5-3-12/h2-9,11,22H,10H2,1H3. The van der Waals surface area contributed by atoms with Crippen LogP contribution in [0.5, 0.6) is 11.5 Å². The average Bonchev–Trinajstić information content (AvgIpc) is 3.11. The number of nitrogens with zero attached hydrogens (tertiary/aromatic N) is 1. The summed E-state index contributed by atoms with van der Waals surface area (Å²) in [5, 5.41) is 13.0. The third kappa shape index (κ3) is 3.19. The van der Waals surface area contributed by atoms with Crippen molar-refractivity contribution >= 4 is 22.3 Å². The molecule has 0 aliphatic heterocycles. The molecular formula is C20H15NO4S. The highest BCUT2D eigenvalue weighted by Gasteiger charge is 2.11. The first-order valence-corrected chi connectivity index (χ1v) is 8.85. The quantitative estimate of drug-likeness (QED) is 0.548. The maximum Gasteiger partial charge on any atom is 0.339 e. The minimum Gasteiger partial charge on any atom is -0.508 e. The molecule has 0 amide bonds. The second-order valence-electron chi connectivity index (χ2n) is 5.81. The molecular weight excluding hydrogens is 350 g/mol. The zero-order chi connectivity index (χ0) is 18.1. The number of phenolic OH excluding ortho intramolecular Hbond substituents is 1. The van der Waals surface area contributed by atoms with Gasteiger partial charge in [0, 0.05) is 28.3 Å². The molecule has 2 aromatic heterocycles. The van der Waals surface area contributed by atoms with Crippen LogP contribution in [0.2, 0.25) is 0 Å². The second-order valence-corrected chi connectivity index (χ2v) is 6.76. The zero-order valence-corrected chi connectivity index (χ0v) is 14.7. The lowest BCUT2D eigenvalue weighted by Crippen LogP contribution is -2.07. The van der Waals surface area contributed by atoms with E-state index >= 15 is 0 Å². The van der Waals surface area contributed by atoms with Crippen molar-refractivity contribution in [3.05, 3.63) is 74.9 Å². The highest BCUT2D eigenvalue weighted by Crippen LogP contribution is 2.26. The molecule has 0 aliphatic rings. The molecule has 0 spiro atoms. The molecule has 130 valence electrons. The van der Waals surface area contributed by atoms with Crippen LogP contribution in [0.25, 0.3) is 22.2 Å². The molecule has 0 saturated carbocycles. The summed E-state index contributed by atoms with van der Waals surface area (Å²) < 4.78 is 10.6. The van der Waals surface area contributed by atoms with Gasteiger partial charge in [-0.3, -0.25) is 0 Å². The summed E-state index contributed by atoms with van der Waals surface area (Å²) in [7, 11) is 1.60. The number of hydrogen-bond acceptors (Lipinski definition) is 6. The Kier molecular flexibility index (Phi) is 4.18. The first-order valence-electron chi connectivity index (χ1n) is 7.97. The Bertz CT molecular complexity index is 1130. The van der Waals surface area contributed by atoms with Gasteiger partial charge in [-0.2, -0.15) is 0 Å². The van der Waals surface area contributed by atoms with Crippen molar-refractivity contribution in [1.29, 1.82) is 0 Å². The summed E-state index contributed by atoms with van der Waals surface area (Å²) in [4.78, 5) is 16.8. The van der Waals surface area contributed by atoms with E-state index in [1.165, 1.54) is 11.3 Å². The van der Waals surface area contributed by atoms with Gasteiger partial charge in [-0.15, -0.1) is 11.3 Å². The number of ether oxygens (including phenoxy) is 1. The van der Waals surface area contributed by atoms with E-state index in [4.69, 9.17) is 9.15 Å². The number of aromatic hydroxyl groups is 1. The van der Waals surface area contributed by atoms with Crippen LogP contribution >= 0.6 is 11.3 Å². The van der Waals surface area contributed by atoms with Crippen LogP contribution in [0.3, 0.4) is 0 Å². The molecule has 2 heterocycles. The average molecular weight is 365 g/mol. The van der Waals surface area contributed by atoms with Crippen LogP contribution in [0.4, 0.5) is 0 Å². The van der Waals surface area contributed by atoms with Gasteiger partial charge >= 0.3 is 5.63 Å². The molecule has 6 heteroatoms. The van der Waals surface area contributed by atoms with E-state index < -0.39 is 0 Å². The van der Waals surface area contributed by atoms with Crippen molar-refractivity contribution < 1.29 is 14.3 Å². The molecule has 5 nitrogen and oxygen atoms in total. The Morgan fingerprint density at radius 1 is 1.15 bits per heavy atom. The Morgan fingerprint density at radius 3 is 2.73 bits per heavy atom. The zero-order valence-electron chi connectivity index (χ0n) is 13.9. The molecule has 0 aliphatic carbocycles. The summed E-state index contributed by atoms with van der Waals surface area (Å²) >= 11 is 1.49. The molecule has 4 rings (SSSR count). The van der Waals surface area contributed by atoms with Crippen molar-refractivity contribution in [1.82, 2.24) is 4.98 Å². The predicted octanol–water partition coefficient (Wildman–Crippen LogP) is 4.22. The molecule has 0 saturated heterocycles. The molecule has 0 bridgehead atoms. The van der Waals surface area contributed by atoms with Gasteiger partial charge in [0.25, 0.3) is 0 Å². The molecule has 0 atom stereocenters. The Labute approximate surface area is 153 Å². The Morgan fingerprint density at radius 2 is 1.96 bits per heavy atom. The fourth-order valence-electron chi connectivity index (χ4n) is 2.71. The molecule has 0 unspecified atom stereocenters. The van der Waals surface area contributed by atoms with E-state index in [1.807, 2.05) is 29.6 Å². The maximum atomic E-state index is 12.3. The number of aromatic nitrogens is 1. The summed E-state index contributed by atoms with van der Waals surface area (Å²) in [6.45, 7) is 0. The van der Waals surface area contributed by atoms with Crippen LogP contribution < -0.4 is 10.4 Å². The number of rotatable bonds is 4. The van der Waals surface area contributed by atoms with Crippen molar-refractivity contribution in [3.63, 3.8) is 0 Å². The third-order valence-electron chi connectivity index (χ3n) is 4.07. The van der Waals surface area contributed by atoms with Crippen LogP contribution in [0.1, 0.15) is 10.6 Å². The van der Waals surface area contributed by atoms with Gasteiger partial charge in [0.05, 0.1) is 17.8 Å². The van der Waals surface area contributed by atoms with Crippen LogP contribution in [0.15, 0.2) is 63.1 Å². The smallest absolute Gasteiger partial charge is 0.339 e. The summed E-state index contributed by atoms with van der Waals surface area (Å²) in [5.74, 6) is 0.926. The van der Waals surface area contributed by atoms with Crippen LogP contribution in [-0.4, -0.2) is 17.2 Å². The predicted molar refractivity (Wildman–Crippen MR) is 101 cm³/mol. The fourth-order valence-corrected chi connectivity index (χ4v) is 3.54. The number of fused-ring (bicyclic) bond motifs is 1. The van der Waals surface area contributed by atoms with Crippen molar-refractivity contribution in [2.45, 2.75) is 6.42 Å². The minimum atomic E-state index is -0.357. The third-order valence-corrected chi connectivity index (χ3v) is 4.92. The molecule has 0 radical (unpaired) electrons. The number of methoxy groups -OCH3 is 1. The number of thiazole rings is 1. The van der Waals surface area contributed by atoms with Crippen molar-refractivity contribution in [2.75, 3.05) is 7.11 Å². The van der Waals surface area contributed by atoms with Crippen LogP contribution in [0, 0.1) is 0 Å². The number of phenols is 1. The van der Waals surface area contributed by atoms with Gasteiger partial charge in [-0.25, -0.2) is 9.78 Å². The second kappa shape index (κ2) is 6.65. The minimum absolute atomic E-state index is 0.216. The first-order chi connectivity index (χ1) is 12.6. The van der Waals surface area contributed by atoms with E-state index in [0.717, 1.165) is 21.7 Å². The van der Waals surface area contributed by atoms with E-state index in [9.17, 15) is 9.90 Å². The van der Waals surface area contributed by atoms with Gasteiger partial charge in [-0.05, 0) is 48.5 Å². The first kappa shape index (κ1) is 16.4. The van der Waals surface area contributed by atoms with E-state index in [2.05, 4.69) is 4.98 Å². The molecule has 1 N–H and O–H groups in total. The van der Waals surface area contributed by atoms with E-state index in [0.29, 0.717) is 23.3 Å². The lowest BCUT2D eigenvalue weighted by Gasteiger charge is -2.03. The maximum absolute atomic E-state index is 12.3. The fraction of sp³-hybridized carbons (Fsp3) is 0.100. The van der Waals surface area contributed by atoms with E-state index in [-0.39, 0.29) is 11.4 Å². The van der Waals surface area contributed by atoms with Gasteiger partial charge in [-0.1, -0.05) is 0 Å². The Balaban J connectivity index is 1.65. The number of benzene rings is 2. The molecule has 2 aromatic carbocycles. The van der Waals surface area contributed by atoms with Crippen molar-refractivity contribution in [3.8, 4) is 22.8 Å². The number of hydrogen-bond donors (Lipinski definition) is 1. The highest BCUT2D eigenvalue weighted by molar-refractivity contribution is 7.10. The Hall–Kier alpha value is -3.12. The van der Waals surface area contributed by atoms with E-state index in [1.54, 1.807) is 31.4 Å². The van der Waals surface area contributed by atoms with Crippen LogP contribution in [-0.2, 0) is 6.42 Å². The normalized spacial score (nSPS) is 11.0. The lowest BCUT2D eigenvalue weighted by molar-refractivity contribution is 0.415. The van der Waals surface area contributed by atoms with Gasteiger partial charge in [0.2, 0.25) is 0 Å². The lowest BCUT2D eigenvalue weighted by atomic mass is 10.1. The largest absolute Gasteiger partial charge is 0.508 e. The SMILES string of the molecule is COc1ccc2oc(=O)c(Cc3nc(-c4ccc(O)cc4)cs3)cc2c1. The summed E-state index contributed by atoms with van der Waals surface area (Å²) in [6.07, 6.45) is 0.401.